The van der Waals surface area contributed by atoms with E-state index in [-0.39, 0.29) is 12.3 Å². The van der Waals surface area contributed by atoms with E-state index in [4.69, 9.17) is 4.74 Å². The highest BCUT2D eigenvalue weighted by Crippen LogP contribution is 2.24. The molecule has 0 unspecified atom stereocenters. The van der Waals surface area contributed by atoms with E-state index in [2.05, 4.69) is 16.0 Å². The van der Waals surface area contributed by atoms with E-state index < -0.39 is 65.5 Å². The van der Waals surface area contributed by atoms with Crippen LogP contribution >= 0.6 is 0 Å². The number of carbonyl (C=O) groups is 6. The Morgan fingerprint density at radius 3 is 2.27 bits per heavy atom. The summed E-state index contributed by atoms with van der Waals surface area (Å²) in [6.07, 6.45) is 2.25. The second-order valence-corrected chi connectivity index (χ2v) is 10.3. The minimum atomic E-state index is -1.18. The monoisotopic (exact) mass is 561 g/mol. The van der Waals surface area contributed by atoms with E-state index in [9.17, 15) is 28.8 Å². The van der Waals surface area contributed by atoms with Crippen LogP contribution in [0.2, 0.25) is 0 Å². The molecule has 10 nitrogen and oxygen atoms in total. The normalized spacial score (nSPS) is 18.1. The van der Waals surface area contributed by atoms with Gasteiger partial charge in [-0.3, -0.25) is 34.1 Å². The fourth-order valence-electron chi connectivity index (χ4n) is 4.58. The quantitative estimate of drug-likeness (QED) is 0.193. The summed E-state index contributed by atoms with van der Waals surface area (Å²) < 4.78 is 5.17. The second kappa shape index (κ2) is 14.2. The number of carbonyl (C=O) groups excluding carboxylic acids is 6. The first-order valence-electron chi connectivity index (χ1n) is 13.4. The molecule has 0 radical (unpaired) electrons. The van der Waals surface area contributed by atoms with Gasteiger partial charge in [0.15, 0.2) is 11.6 Å². The van der Waals surface area contributed by atoms with Crippen molar-refractivity contribution in [3.05, 3.63) is 71.8 Å². The number of methoxy groups -OCH3 is 1. The van der Waals surface area contributed by atoms with Crippen LogP contribution in [0, 0.1) is 17.8 Å². The molecule has 0 bridgehead atoms. The summed E-state index contributed by atoms with van der Waals surface area (Å²) in [6, 6.07) is 14.1. The Kier molecular flexibility index (Phi) is 10.7. The summed E-state index contributed by atoms with van der Waals surface area (Å²) in [6.45, 7) is 4.95. The second-order valence-electron chi connectivity index (χ2n) is 10.3. The number of benzene rings is 2. The van der Waals surface area contributed by atoms with Crippen molar-refractivity contribution >= 4 is 41.3 Å². The third-order valence-corrected chi connectivity index (χ3v) is 6.86. The lowest BCUT2D eigenvalue weighted by atomic mass is 9.85. The van der Waals surface area contributed by atoms with Crippen molar-refractivity contribution in [2.24, 2.45) is 17.8 Å². The molecular formula is C31H35N3O7. The highest BCUT2D eigenvalue weighted by atomic mass is 16.5. The van der Waals surface area contributed by atoms with Crippen LogP contribution in [0.5, 0.6) is 5.75 Å². The number of allylic oxidation sites excluding steroid dienone is 1. The van der Waals surface area contributed by atoms with Crippen LogP contribution in [-0.4, -0.2) is 48.3 Å². The molecule has 0 aromatic heterocycles. The van der Waals surface area contributed by atoms with Gasteiger partial charge in [0.1, 0.15) is 11.7 Å². The molecule has 4 atom stereocenters. The van der Waals surface area contributed by atoms with Crippen LogP contribution in [0.1, 0.15) is 50.8 Å². The fourth-order valence-corrected chi connectivity index (χ4v) is 4.58. The van der Waals surface area contributed by atoms with E-state index in [0.29, 0.717) is 11.3 Å². The zero-order valence-electron chi connectivity index (χ0n) is 23.5. The lowest BCUT2D eigenvalue weighted by molar-refractivity contribution is -0.137. The Morgan fingerprint density at radius 1 is 0.951 bits per heavy atom. The zero-order valence-corrected chi connectivity index (χ0v) is 23.5. The SMILES string of the molecule is COc1cccc(/C=C/C(=O)CC(=O)N[C@@H](CC(=O)N[C@H](C(=O)[C@@H]2C(=O)NC(=O)[C@H]2C)C(C)C)c2ccccc2)c1. The van der Waals surface area contributed by atoms with Crippen molar-refractivity contribution in [3.8, 4) is 5.75 Å². The average Bonchev–Trinajstić information content (AvgIpc) is 3.20. The molecule has 0 saturated carbocycles. The van der Waals surface area contributed by atoms with Crippen LogP contribution in [0.25, 0.3) is 6.08 Å². The first-order valence-corrected chi connectivity index (χ1v) is 13.4. The lowest BCUT2D eigenvalue weighted by Crippen LogP contribution is -2.49. The van der Waals surface area contributed by atoms with Crippen molar-refractivity contribution in [1.82, 2.24) is 16.0 Å². The van der Waals surface area contributed by atoms with Gasteiger partial charge in [-0.15, -0.1) is 0 Å². The number of hydrogen-bond donors (Lipinski definition) is 3. The molecule has 3 N–H and O–H groups in total. The summed E-state index contributed by atoms with van der Waals surface area (Å²) in [4.78, 5) is 75.7. The number of hydrogen-bond acceptors (Lipinski definition) is 7. The van der Waals surface area contributed by atoms with Gasteiger partial charge in [0.25, 0.3) is 0 Å². The summed E-state index contributed by atoms with van der Waals surface area (Å²) in [5.74, 6) is -5.02. The standard InChI is InChI=1S/C31H35N3O7/c1-18(2)28(29(38)27-19(3)30(39)34-31(27)40)33-26(37)17-24(21-10-6-5-7-11-21)32-25(36)16-22(35)14-13-20-9-8-12-23(15-20)41-4/h5-15,18-19,24,27-28H,16-17H2,1-4H3,(H,32,36)(H,33,37)(H,34,39,40)/b14-13+/t19-,24-,27+,28-/m0/s1. The van der Waals surface area contributed by atoms with Gasteiger partial charge in [-0.05, 0) is 35.3 Å². The third-order valence-electron chi connectivity index (χ3n) is 6.86. The minimum absolute atomic E-state index is 0.217. The smallest absolute Gasteiger partial charge is 0.238 e. The largest absolute Gasteiger partial charge is 0.497 e. The third kappa shape index (κ3) is 8.44. The average molecular weight is 562 g/mol. The lowest BCUT2D eigenvalue weighted by Gasteiger charge is -2.26. The zero-order chi connectivity index (χ0) is 30.1. The molecule has 2 aromatic carbocycles. The van der Waals surface area contributed by atoms with Gasteiger partial charge < -0.3 is 15.4 Å². The molecule has 1 aliphatic rings. The molecule has 3 rings (SSSR count). The van der Waals surface area contributed by atoms with Crippen molar-refractivity contribution in [2.45, 2.75) is 45.7 Å². The van der Waals surface area contributed by atoms with Crippen LogP contribution in [0.3, 0.4) is 0 Å². The molecule has 41 heavy (non-hydrogen) atoms. The van der Waals surface area contributed by atoms with Crippen molar-refractivity contribution in [2.75, 3.05) is 7.11 Å². The number of ether oxygens (including phenoxy) is 1. The summed E-state index contributed by atoms with van der Waals surface area (Å²) >= 11 is 0. The van der Waals surface area contributed by atoms with Crippen LogP contribution < -0.4 is 20.7 Å². The van der Waals surface area contributed by atoms with Crippen LogP contribution in [-0.2, 0) is 28.8 Å². The molecule has 0 spiro atoms. The number of imide groups is 1. The highest BCUT2D eigenvalue weighted by molar-refractivity contribution is 6.16. The topological polar surface area (TPSA) is 148 Å². The van der Waals surface area contributed by atoms with Gasteiger partial charge in [0, 0.05) is 0 Å². The Labute approximate surface area is 238 Å². The van der Waals surface area contributed by atoms with Crippen molar-refractivity contribution < 1.29 is 33.5 Å². The molecule has 1 aliphatic heterocycles. The van der Waals surface area contributed by atoms with E-state index in [1.807, 2.05) is 0 Å². The Bertz CT molecular complexity index is 1340. The molecule has 1 saturated heterocycles. The molecule has 1 fully saturated rings. The predicted octanol–water partition coefficient (Wildman–Crippen LogP) is 2.53. The van der Waals surface area contributed by atoms with Crippen LogP contribution in [0.4, 0.5) is 0 Å². The minimum Gasteiger partial charge on any atom is -0.497 e. The van der Waals surface area contributed by atoms with Gasteiger partial charge >= 0.3 is 0 Å². The first-order chi connectivity index (χ1) is 19.5. The molecule has 4 amide bonds. The van der Waals surface area contributed by atoms with Gasteiger partial charge in [-0.2, -0.15) is 0 Å². The van der Waals surface area contributed by atoms with Crippen molar-refractivity contribution in [3.63, 3.8) is 0 Å². The Morgan fingerprint density at radius 2 is 1.66 bits per heavy atom. The molecule has 1 heterocycles. The van der Waals surface area contributed by atoms with Gasteiger partial charge in [-0.1, -0.05) is 69.3 Å². The maximum absolute atomic E-state index is 13.2. The highest BCUT2D eigenvalue weighted by Gasteiger charge is 2.46. The van der Waals surface area contributed by atoms with E-state index in [1.54, 1.807) is 81.6 Å². The maximum atomic E-state index is 13.2. The van der Waals surface area contributed by atoms with E-state index in [0.717, 1.165) is 5.56 Å². The van der Waals surface area contributed by atoms with Gasteiger partial charge in [0.05, 0.1) is 38.0 Å². The van der Waals surface area contributed by atoms with E-state index in [1.165, 1.54) is 13.0 Å². The summed E-state index contributed by atoms with van der Waals surface area (Å²) in [5, 5.41) is 7.60. The van der Waals surface area contributed by atoms with Crippen LogP contribution in [0.15, 0.2) is 60.7 Å². The van der Waals surface area contributed by atoms with Crippen molar-refractivity contribution in [1.29, 1.82) is 0 Å². The van der Waals surface area contributed by atoms with Gasteiger partial charge in [-0.25, -0.2) is 0 Å². The maximum Gasteiger partial charge on any atom is 0.238 e. The number of nitrogens with one attached hydrogen (secondary N) is 3. The fraction of sp³-hybridized carbons (Fsp3) is 0.355. The molecule has 216 valence electrons. The predicted molar refractivity (Wildman–Crippen MR) is 151 cm³/mol. The summed E-state index contributed by atoms with van der Waals surface area (Å²) in [5.41, 5.74) is 1.37. The Balaban J connectivity index is 1.67. The molecule has 2 aromatic rings. The molecular weight excluding hydrogens is 526 g/mol. The summed E-state index contributed by atoms with van der Waals surface area (Å²) in [7, 11) is 1.54. The first kappa shape index (κ1) is 30.9. The number of rotatable bonds is 13. The molecule has 10 heteroatoms. The Hall–Kier alpha value is -4.60. The molecule has 0 aliphatic carbocycles. The van der Waals surface area contributed by atoms with Gasteiger partial charge in [0.2, 0.25) is 23.6 Å². The number of amides is 4. The van der Waals surface area contributed by atoms with E-state index >= 15 is 0 Å². The number of ketones is 2. The number of Topliss-reactive ketones (excluding diaryl/α,β-unsaturated/α-hetero) is 1.